The minimum Gasteiger partial charge on any atom is -0.389 e. The summed E-state index contributed by atoms with van der Waals surface area (Å²) in [5, 5.41) is 13.3. The lowest BCUT2D eigenvalue weighted by Gasteiger charge is -2.23. The molecule has 0 amide bonds. The molecule has 0 heterocycles. The zero-order valence-corrected chi connectivity index (χ0v) is 11.0. The maximum Gasteiger partial charge on any atom is 0.150 e. The predicted octanol–water partition coefficient (Wildman–Crippen LogP) is 0.704. The van der Waals surface area contributed by atoms with Gasteiger partial charge in [0.1, 0.15) is 9.84 Å². The van der Waals surface area contributed by atoms with Crippen LogP contribution in [0.1, 0.15) is 39.5 Å². The van der Waals surface area contributed by atoms with E-state index in [1.807, 2.05) is 0 Å². The molecule has 5 heteroatoms. The van der Waals surface area contributed by atoms with Crippen molar-refractivity contribution in [2.24, 2.45) is 0 Å². The Morgan fingerprint density at radius 3 is 2.56 bits per heavy atom. The van der Waals surface area contributed by atoms with Crippen molar-refractivity contribution in [2.45, 2.75) is 51.2 Å². The van der Waals surface area contributed by atoms with E-state index in [9.17, 15) is 13.5 Å². The van der Waals surface area contributed by atoms with Gasteiger partial charge in [0, 0.05) is 18.3 Å². The summed E-state index contributed by atoms with van der Waals surface area (Å²) in [6.07, 6.45) is 3.46. The summed E-state index contributed by atoms with van der Waals surface area (Å²) in [7, 11) is -2.89. The smallest absolute Gasteiger partial charge is 0.150 e. The first kappa shape index (κ1) is 13.9. The van der Waals surface area contributed by atoms with Gasteiger partial charge in [-0.25, -0.2) is 8.42 Å². The molecule has 0 aromatic rings. The van der Waals surface area contributed by atoms with E-state index < -0.39 is 15.4 Å². The summed E-state index contributed by atoms with van der Waals surface area (Å²) in [5.41, 5.74) is -0.786. The lowest BCUT2D eigenvalue weighted by molar-refractivity contribution is 0.0499. The highest BCUT2D eigenvalue weighted by molar-refractivity contribution is 7.91. The Morgan fingerprint density at radius 2 is 2.06 bits per heavy atom. The number of hydrogen-bond donors (Lipinski definition) is 2. The van der Waals surface area contributed by atoms with Crippen molar-refractivity contribution >= 4 is 9.84 Å². The van der Waals surface area contributed by atoms with Crippen molar-refractivity contribution < 1.29 is 13.5 Å². The lowest BCUT2D eigenvalue weighted by atomic mass is 10.0. The molecule has 1 aliphatic rings. The lowest BCUT2D eigenvalue weighted by Crippen LogP contribution is -2.39. The van der Waals surface area contributed by atoms with Crippen LogP contribution in [0.5, 0.6) is 0 Å². The van der Waals surface area contributed by atoms with E-state index in [1.165, 1.54) is 12.8 Å². The third-order valence-corrected chi connectivity index (χ3v) is 4.75. The fourth-order valence-electron chi connectivity index (χ4n) is 1.56. The van der Waals surface area contributed by atoms with E-state index in [4.69, 9.17) is 0 Å². The minimum absolute atomic E-state index is 0.184. The Kier molecular flexibility index (Phi) is 4.76. The molecule has 96 valence electrons. The van der Waals surface area contributed by atoms with Crippen LogP contribution in [0.4, 0.5) is 0 Å². The van der Waals surface area contributed by atoms with Crippen molar-refractivity contribution in [1.82, 2.24) is 5.32 Å². The Balaban J connectivity index is 2.18. The Hall–Kier alpha value is -0.130. The molecule has 1 fully saturated rings. The molecule has 0 radical (unpaired) electrons. The molecule has 4 nitrogen and oxygen atoms in total. The standard InChI is InChI=1S/C11H23NO3S/c1-3-16(14,15)8-4-7-11(2,13)9-12-10-5-6-10/h10,12-13H,3-9H2,1-2H3. The second kappa shape index (κ2) is 5.47. The van der Waals surface area contributed by atoms with E-state index in [0.717, 1.165) is 0 Å². The van der Waals surface area contributed by atoms with Gasteiger partial charge in [0.05, 0.1) is 11.4 Å². The average Bonchev–Trinajstić information content (AvgIpc) is 2.98. The quantitative estimate of drug-likeness (QED) is 0.665. The van der Waals surface area contributed by atoms with Gasteiger partial charge >= 0.3 is 0 Å². The molecule has 0 aromatic carbocycles. The molecule has 1 atom stereocenters. The van der Waals surface area contributed by atoms with Crippen LogP contribution in [0.15, 0.2) is 0 Å². The Morgan fingerprint density at radius 1 is 1.44 bits per heavy atom. The van der Waals surface area contributed by atoms with Crippen LogP contribution in [0.25, 0.3) is 0 Å². The van der Waals surface area contributed by atoms with Crippen molar-refractivity contribution in [3.63, 3.8) is 0 Å². The molecule has 16 heavy (non-hydrogen) atoms. The van der Waals surface area contributed by atoms with Crippen LogP contribution in [-0.2, 0) is 9.84 Å². The molecular weight excluding hydrogens is 226 g/mol. The second-order valence-corrected chi connectivity index (χ2v) is 7.46. The summed E-state index contributed by atoms with van der Waals surface area (Å²) in [4.78, 5) is 0. The van der Waals surface area contributed by atoms with Gasteiger partial charge in [-0.3, -0.25) is 0 Å². The van der Waals surface area contributed by atoms with E-state index in [2.05, 4.69) is 5.32 Å². The van der Waals surface area contributed by atoms with Gasteiger partial charge in [0.2, 0.25) is 0 Å². The summed E-state index contributed by atoms with van der Waals surface area (Å²) < 4.78 is 22.5. The van der Waals surface area contributed by atoms with Crippen LogP contribution in [0.2, 0.25) is 0 Å². The predicted molar refractivity (Wildman–Crippen MR) is 65.2 cm³/mol. The fourth-order valence-corrected chi connectivity index (χ4v) is 2.43. The number of rotatable bonds is 8. The molecular formula is C11H23NO3S. The first-order chi connectivity index (χ1) is 7.35. The van der Waals surface area contributed by atoms with Crippen LogP contribution in [-0.4, -0.2) is 43.2 Å². The molecule has 0 spiro atoms. The van der Waals surface area contributed by atoms with Crippen LogP contribution in [0, 0.1) is 0 Å². The summed E-state index contributed by atoms with van der Waals surface area (Å²) in [5.74, 6) is 0.374. The van der Waals surface area contributed by atoms with Gasteiger partial charge in [-0.05, 0) is 32.6 Å². The maximum atomic E-state index is 11.3. The van der Waals surface area contributed by atoms with Crippen LogP contribution >= 0.6 is 0 Å². The number of sulfone groups is 1. The molecule has 1 unspecified atom stereocenters. The van der Waals surface area contributed by atoms with Crippen molar-refractivity contribution in [3.8, 4) is 0 Å². The van der Waals surface area contributed by atoms with E-state index in [1.54, 1.807) is 13.8 Å². The third kappa shape index (κ3) is 5.82. The summed E-state index contributed by atoms with van der Waals surface area (Å²) in [6, 6.07) is 0.575. The number of aliphatic hydroxyl groups is 1. The Bertz CT molecular complexity index is 307. The average molecular weight is 249 g/mol. The monoisotopic (exact) mass is 249 g/mol. The van der Waals surface area contributed by atoms with E-state index in [0.29, 0.717) is 25.4 Å². The largest absolute Gasteiger partial charge is 0.389 e. The molecule has 0 aliphatic heterocycles. The molecule has 1 rings (SSSR count). The van der Waals surface area contributed by atoms with Gasteiger partial charge < -0.3 is 10.4 Å². The molecule has 0 bridgehead atoms. The van der Waals surface area contributed by atoms with Crippen LogP contribution in [0.3, 0.4) is 0 Å². The zero-order chi connectivity index (χ0) is 12.2. The molecule has 2 N–H and O–H groups in total. The maximum absolute atomic E-state index is 11.3. The van der Waals surface area contributed by atoms with E-state index in [-0.39, 0.29) is 11.5 Å². The highest BCUT2D eigenvalue weighted by Crippen LogP contribution is 2.20. The Labute approximate surface area is 98.4 Å². The highest BCUT2D eigenvalue weighted by atomic mass is 32.2. The van der Waals surface area contributed by atoms with Crippen molar-refractivity contribution in [2.75, 3.05) is 18.1 Å². The van der Waals surface area contributed by atoms with Gasteiger partial charge in [-0.1, -0.05) is 6.92 Å². The van der Waals surface area contributed by atoms with Gasteiger partial charge in [0.15, 0.2) is 0 Å². The summed E-state index contributed by atoms with van der Waals surface area (Å²) >= 11 is 0. The number of nitrogens with one attached hydrogen (secondary N) is 1. The fraction of sp³-hybridized carbons (Fsp3) is 1.00. The normalized spacial score (nSPS) is 20.7. The molecule has 1 aliphatic carbocycles. The zero-order valence-electron chi connectivity index (χ0n) is 10.2. The van der Waals surface area contributed by atoms with E-state index >= 15 is 0 Å². The third-order valence-electron chi connectivity index (χ3n) is 2.96. The van der Waals surface area contributed by atoms with Crippen molar-refractivity contribution in [1.29, 1.82) is 0 Å². The SMILES string of the molecule is CCS(=O)(=O)CCCC(C)(O)CNC1CC1. The van der Waals surface area contributed by atoms with Crippen molar-refractivity contribution in [3.05, 3.63) is 0 Å². The second-order valence-electron chi connectivity index (χ2n) is 4.99. The first-order valence-corrected chi connectivity index (χ1v) is 7.83. The molecule has 0 aromatic heterocycles. The minimum atomic E-state index is -2.89. The van der Waals surface area contributed by atoms with Gasteiger partial charge in [-0.2, -0.15) is 0 Å². The van der Waals surface area contributed by atoms with Crippen LogP contribution < -0.4 is 5.32 Å². The van der Waals surface area contributed by atoms with Gasteiger partial charge in [-0.15, -0.1) is 0 Å². The topological polar surface area (TPSA) is 66.4 Å². The summed E-state index contributed by atoms with van der Waals surface area (Å²) in [6.45, 7) is 3.98. The molecule has 1 saturated carbocycles. The highest BCUT2D eigenvalue weighted by Gasteiger charge is 2.26. The first-order valence-electron chi connectivity index (χ1n) is 6.01. The van der Waals surface area contributed by atoms with Gasteiger partial charge in [0.25, 0.3) is 0 Å². The number of hydrogen-bond acceptors (Lipinski definition) is 4. The molecule has 0 saturated heterocycles.